The Hall–Kier alpha value is -2.37. The third-order valence-corrected chi connectivity index (χ3v) is 2.51. The summed E-state index contributed by atoms with van der Waals surface area (Å²) in [6, 6.07) is 3.03. The lowest BCUT2D eigenvalue weighted by molar-refractivity contribution is 0.0599. The van der Waals surface area contributed by atoms with Crippen LogP contribution in [-0.2, 0) is 11.8 Å². The summed E-state index contributed by atoms with van der Waals surface area (Å²) in [5, 5.41) is 9.54. The summed E-state index contributed by atoms with van der Waals surface area (Å²) in [6.07, 6.45) is 1.36. The molecule has 0 aromatic carbocycles. The Morgan fingerprint density at radius 1 is 1.41 bits per heavy atom. The number of esters is 1. The molecule has 0 saturated carbocycles. The first-order chi connectivity index (χ1) is 8.04. The lowest BCUT2D eigenvalue weighted by Gasteiger charge is -2.00. The smallest absolute Gasteiger partial charge is 0.352 e. The van der Waals surface area contributed by atoms with Gasteiger partial charge in [-0.25, -0.2) is 14.6 Å². The number of fused-ring (bicyclic) bond motifs is 1. The largest absolute Gasteiger partial charge is 0.477 e. The Morgan fingerprint density at radius 3 is 2.71 bits per heavy atom. The van der Waals surface area contributed by atoms with Gasteiger partial charge in [0.05, 0.1) is 12.7 Å². The minimum Gasteiger partial charge on any atom is -0.477 e. The molecule has 88 valence electrons. The van der Waals surface area contributed by atoms with Crippen LogP contribution in [0, 0.1) is 0 Å². The first kappa shape index (κ1) is 11.1. The molecule has 2 aromatic rings. The number of carbonyl (C=O) groups excluding carboxylic acids is 1. The number of carboxylic acids is 1. The number of hydrogen-bond acceptors (Lipinski definition) is 4. The van der Waals surface area contributed by atoms with Crippen LogP contribution < -0.4 is 0 Å². The number of rotatable bonds is 2. The second-order valence-electron chi connectivity index (χ2n) is 3.52. The summed E-state index contributed by atoms with van der Waals surface area (Å²) in [7, 11) is 2.89. The standard InChI is InChI=1S/C11H10N2O4/c1-13-8(10(14)15)4-6-3-7(11(16)17-2)5-12-9(6)13/h3-5H,1-2H3,(H,14,15). The average molecular weight is 234 g/mol. The predicted molar refractivity (Wildman–Crippen MR) is 59.0 cm³/mol. The van der Waals surface area contributed by atoms with E-state index >= 15 is 0 Å². The molecule has 0 spiro atoms. The molecule has 0 unspecified atom stereocenters. The van der Waals surface area contributed by atoms with E-state index in [0.29, 0.717) is 16.6 Å². The van der Waals surface area contributed by atoms with Crippen molar-refractivity contribution in [3.8, 4) is 0 Å². The Morgan fingerprint density at radius 2 is 2.12 bits per heavy atom. The van der Waals surface area contributed by atoms with Gasteiger partial charge < -0.3 is 14.4 Å². The monoisotopic (exact) mass is 234 g/mol. The van der Waals surface area contributed by atoms with Crippen LogP contribution in [0.1, 0.15) is 20.8 Å². The lowest BCUT2D eigenvalue weighted by Crippen LogP contribution is -2.04. The molecule has 2 heterocycles. The molecular weight excluding hydrogens is 224 g/mol. The van der Waals surface area contributed by atoms with Gasteiger partial charge in [-0.3, -0.25) is 0 Å². The van der Waals surface area contributed by atoms with Gasteiger partial charge in [0.1, 0.15) is 11.3 Å². The zero-order chi connectivity index (χ0) is 12.6. The summed E-state index contributed by atoms with van der Waals surface area (Å²) in [5.41, 5.74) is 0.923. The Kier molecular flexibility index (Phi) is 2.55. The van der Waals surface area contributed by atoms with Crippen molar-refractivity contribution in [1.29, 1.82) is 0 Å². The summed E-state index contributed by atoms with van der Waals surface area (Å²) in [6.45, 7) is 0. The van der Waals surface area contributed by atoms with E-state index < -0.39 is 11.9 Å². The minimum absolute atomic E-state index is 0.120. The summed E-state index contributed by atoms with van der Waals surface area (Å²) < 4.78 is 6.02. The number of nitrogens with zero attached hydrogens (tertiary/aromatic N) is 2. The van der Waals surface area contributed by atoms with Crippen molar-refractivity contribution in [2.75, 3.05) is 7.11 Å². The second kappa shape index (κ2) is 3.89. The zero-order valence-electron chi connectivity index (χ0n) is 9.30. The quantitative estimate of drug-likeness (QED) is 0.785. The molecule has 1 N–H and O–H groups in total. The predicted octanol–water partition coefficient (Wildman–Crippen LogP) is 1.06. The third-order valence-electron chi connectivity index (χ3n) is 2.51. The third kappa shape index (κ3) is 1.73. The van der Waals surface area contributed by atoms with Gasteiger partial charge >= 0.3 is 11.9 Å². The van der Waals surface area contributed by atoms with Gasteiger partial charge in [-0.05, 0) is 12.1 Å². The number of aromatic carboxylic acids is 1. The molecule has 0 aliphatic carbocycles. The van der Waals surface area contributed by atoms with Crippen LogP contribution in [0.3, 0.4) is 0 Å². The van der Waals surface area contributed by atoms with Crippen molar-refractivity contribution in [2.24, 2.45) is 7.05 Å². The average Bonchev–Trinajstić information content (AvgIpc) is 2.65. The fraction of sp³-hybridized carbons (Fsp3) is 0.182. The maximum absolute atomic E-state index is 11.3. The fourth-order valence-corrected chi connectivity index (χ4v) is 1.65. The van der Waals surface area contributed by atoms with Gasteiger partial charge in [-0.1, -0.05) is 0 Å². The molecule has 6 heteroatoms. The molecule has 6 nitrogen and oxygen atoms in total. The van der Waals surface area contributed by atoms with Gasteiger partial charge in [0.15, 0.2) is 0 Å². The van der Waals surface area contributed by atoms with Crippen LogP contribution >= 0.6 is 0 Å². The van der Waals surface area contributed by atoms with E-state index in [1.165, 1.54) is 23.9 Å². The highest BCUT2D eigenvalue weighted by molar-refractivity contribution is 5.97. The van der Waals surface area contributed by atoms with Gasteiger partial charge in [-0.2, -0.15) is 0 Å². The molecule has 0 aliphatic heterocycles. The maximum Gasteiger partial charge on any atom is 0.352 e. The highest BCUT2D eigenvalue weighted by atomic mass is 16.5. The van der Waals surface area contributed by atoms with E-state index in [-0.39, 0.29) is 5.69 Å². The number of aryl methyl sites for hydroxylation is 1. The molecule has 0 fully saturated rings. The number of ether oxygens (including phenoxy) is 1. The van der Waals surface area contributed by atoms with Gasteiger partial charge in [0.25, 0.3) is 0 Å². The summed E-state index contributed by atoms with van der Waals surface area (Å²) in [5.74, 6) is -1.54. The number of methoxy groups -OCH3 is 1. The molecule has 2 aromatic heterocycles. The van der Waals surface area contributed by atoms with Crippen molar-refractivity contribution in [3.63, 3.8) is 0 Å². The molecule has 0 aliphatic rings. The minimum atomic E-state index is -1.04. The van der Waals surface area contributed by atoms with Crippen LogP contribution in [0.4, 0.5) is 0 Å². The molecule has 0 bridgehead atoms. The van der Waals surface area contributed by atoms with Crippen molar-refractivity contribution >= 4 is 23.0 Å². The Bertz CT molecular complexity index is 615. The van der Waals surface area contributed by atoms with Crippen LogP contribution in [-0.4, -0.2) is 33.7 Å². The Labute approximate surface area is 96.4 Å². The molecule has 0 amide bonds. The first-order valence-electron chi connectivity index (χ1n) is 4.81. The number of hydrogen-bond donors (Lipinski definition) is 1. The van der Waals surface area contributed by atoms with E-state index in [0.717, 1.165) is 0 Å². The highest BCUT2D eigenvalue weighted by Crippen LogP contribution is 2.18. The van der Waals surface area contributed by atoms with Crippen LogP contribution in [0.15, 0.2) is 18.3 Å². The second-order valence-corrected chi connectivity index (χ2v) is 3.52. The first-order valence-corrected chi connectivity index (χ1v) is 4.81. The van der Waals surface area contributed by atoms with E-state index in [9.17, 15) is 9.59 Å². The van der Waals surface area contributed by atoms with E-state index in [4.69, 9.17) is 5.11 Å². The molecule has 17 heavy (non-hydrogen) atoms. The summed E-state index contributed by atoms with van der Waals surface area (Å²) >= 11 is 0. The van der Waals surface area contributed by atoms with Crippen LogP contribution in [0.5, 0.6) is 0 Å². The highest BCUT2D eigenvalue weighted by Gasteiger charge is 2.14. The zero-order valence-corrected chi connectivity index (χ0v) is 9.30. The number of carbonyl (C=O) groups is 2. The lowest BCUT2D eigenvalue weighted by atomic mass is 10.2. The van der Waals surface area contributed by atoms with E-state index in [1.54, 1.807) is 13.1 Å². The molecule has 0 radical (unpaired) electrons. The number of carboxylic acid groups (broad SMARTS) is 1. The molecular formula is C11H10N2O4. The van der Waals surface area contributed by atoms with Gasteiger partial charge in [-0.15, -0.1) is 0 Å². The summed E-state index contributed by atoms with van der Waals surface area (Å²) in [4.78, 5) is 26.3. The van der Waals surface area contributed by atoms with Crippen molar-refractivity contribution in [3.05, 3.63) is 29.6 Å². The van der Waals surface area contributed by atoms with Crippen molar-refractivity contribution in [2.45, 2.75) is 0 Å². The fourth-order valence-electron chi connectivity index (χ4n) is 1.65. The molecule has 2 rings (SSSR count). The van der Waals surface area contributed by atoms with E-state index in [2.05, 4.69) is 9.72 Å². The maximum atomic E-state index is 11.3. The van der Waals surface area contributed by atoms with E-state index in [1.807, 2.05) is 0 Å². The van der Waals surface area contributed by atoms with Crippen molar-refractivity contribution < 1.29 is 19.4 Å². The van der Waals surface area contributed by atoms with Crippen LogP contribution in [0.25, 0.3) is 11.0 Å². The van der Waals surface area contributed by atoms with Gasteiger partial charge in [0.2, 0.25) is 0 Å². The SMILES string of the molecule is COC(=O)c1cnc2c(c1)cc(C(=O)O)n2C. The van der Waals surface area contributed by atoms with Gasteiger partial charge in [0, 0.05) is 18.6 Å². The topological polar surface area (TPSA) is 81.4 Å². The normalized spacial score (nSPS) is 10.5. The van der Waals surface area contributed by atoms with Crippen LogP contribution in [0.2, 0.25) is 0 Å². The Balaban J connectivity index is 2.63. The number of pyridine rings is 1. The van der Waals surface area contributed by atoms with Crippen molar-refractivity contribution in [1.82, 2.24) is 9.55 Å². The number of aromatic nitrogens is 2. The molecule has 0 saturated heterocycles. The molecule has 0 atom stereocenters.